The Morgan fingerprint density at radius 2 is 2.58 bits per heavy atom. The zero-order chi connectivity index (χ0) is 8.97. The Labute approximate surface area is 78.3 Å². The Morgan fingerprint density at radius 3 is 3.08 bits per heavy atom. The van der Waals surface area contributed by atoms with Gasteiger partial charge in [0.1, 0.15) is 0 Å². The highest BCUT2D eigenvalue weighted by atomic mass is 32.2. The van der Waals surface area contributed by atoms with Crippen LogP contribution in [-0.4, -0.2) is 9.46 Å². The van der Waals surface area contributed by atoms with Crippen LogP contribution in [0.25, 0.3) is 0 Å². The van der Waals surface area contributed by atoms with Crippen molar-refractivity contribution < 1.29 is 4.21 Å². The van der Waals surface area contributed by atoms with Gasteiger partial charge in [-0.3, -0.25) is 4.21 Å². The molecule has 2 nitrogen and oxygen atoms in total. The minimum atomic E-state index is -1.00. The van der Waals surface area contributed by atoms with Crippen molar-refractivity contribution in [2.24, 2.45) is 0 Å². The van der Waals surface area contributed by atoms with Gasteiger partial charge in [-0.05, 0) is 18.4 Å². The zero-order valence-electron chi connectivity index (χ0n) is 6.69. The Balaban J connectivity index is 2.67. The Hall–Kier alpha value is -0.660. The minimum absolute atomic E-state index is 0.0614. The van der Waals surface area contributed by atoms with Crippen LogP contribution in [0.3, 0.4) is 0 Å². The highest BCUT2D eigenvalue weighted by Crippen LogP contribution is 2.18. The molecule has 0 N–H and O–H groups in total. The fourth-order valence-corrected chi connectivity index (χ4v) is 3.10. The van der Waals surface area contributed by atoms with Crippen LogP contribution in [0, 0.1) is 11.3 Å². The molecule has 2 atom stereocenters. The van der Waals surface area contributed by atoms with Gasteiger partial charge in [-0.1, -0.05) is 6.07 Å². The summed E-state index contributed by atoms with van der Waals surface area (Å²) in [7, 11) is -1.00. The number of nitrogens with zero attached hydrogens (tertiary/aromatic N) is 1. The standard InChI is InChI=1S/C8H9NOS2/c1-7(4-5-9)12(10)8-3-2-6-11-8/h2-3,6-7H,4H2,1H3. The molecule has 0 bridgehead atoms. The summed E-state index contributed by atoms with van der Waals surface area (Å²) in [6.45, 7) is 1.83. The molecular weight excluding hydrogens is 190 g/mol. The molecular formula is C8H9NOS2. The fraction of sp³-hybridized carbons (Fsp3) is 0.375. The largest absolute Gasteiger partial charge is 0.253 e. The van der Waals surface area contributed by atoms with Gasteiger partial charge in [-0.15, -0.1) is 11.3 Å². The van der Waals surface area contributed by atoms with Gasteiger partial charge >= 0.3 is 0 Å². The van der Waals surface area contributed by atoms with Crippen LogP contribution < -0.4 is 0 Å². The lowest BCUT2D eigenvalue weighted by atomic mass is 10.4. The van der Waals surface area contributed by atoms with Gasteiger partial charge < -0.3 is 0 Å². The van der Waals surface area contributed by atoms with Gasteiger partial charge in [-0.2, -0.15) is 5.26 Å². The van der Waals surface area contributed by atoms with E-state index in [2.05, 4.69) is 0 Å². The summed E-state index contributed by atoms with van der Waals surface area (Å²) in [6.07, 6.45) is 0.352. The zero-order valence-corrected chi connectivity index (χ0v) is 8.32. The number of nitriles is 1. The average molecular weight is 199 g/mol. The number of rotatable bonds is 3. The molecule has 0 aliphatic carbocycles. The van der Waals surface area contributed by atoms with Crippen LogP contribution in [0.4, 0.5) is 0 Å². The first kappa shape index (κ1) is 9.43. The Bertz CT molecular complexity index is 299. The van der Waals surface area contributed by atoms with Crippen molar-refractivity contribution in [3.63, 3.8) is 0 Å². The number of thiophene rings is 1. The third-order valence-corrected chi connectivity index (χ3v) is 4.31. The molecule has 12 heavy (non-hydrogen) atoms. The first-order valence-electron chi connectivity index (χ1n) is 3.56. The van der Waals surface area contributed by atoms with Crippen LogP contribution in [0.1, 0.15) is 13.3 Å². The van der Waals surface area contributed by atoms with Crippen molar-refractivity contribution in [3.8, 4) is 6.07 Å². The third kappa shape index (κ3) is 2.16. The summed E-state index contributed by atoms with van der Waals surface area (Å²) >= 11 is 1.48. The summed E-state index contributed by atoms with van der Waals surface area (Å²) in [5.41, 5.74) is 0. The van der Waals surface area contributed by atoms with Crippen LogP contribution >= 0.6 is 11.3 Å². The van der Waals surface area contributed by atoms with E-state index in [1.807, 2.05) is 30.5 Å². The predicted octanol–water partition coefficient (Wildman–Crippen LogP) is 2.16. The van der Waals surface area contributed by atoms with E-state index in [0.29, 0.717) is 6.42 Å². The monoisotopic (exact) mass is 199 g/mol. The maximum Gasteiger partial charge on any atom is 0.0913 e. The van der Waals surface area contributed by atoms with E-state index in [1.54, 1.807) is 0 Å². The second-order valence-corrected chi connectivity index (χ2v) is 5.45. The van der Waals surface area contributed by atoms with Crippen LogP contribution in [-0.2, 0) is 10.8 Å². The first-order chi connectivity index (χ1) is 5.75. The second kappa shape index (κ2) is 4.39. The molecule has 1 heterocycles. The fourth-order valence-electron chi connectivity index (χ4n) is 0.780. The van der Waals surface area contributed by atoms with E-state index >= 15 is 0 Å². The van der Waals surface area contributed by atoms with Crippen LogP contribution in [0.15, 0.2) is 21.7 Å². The lowest BCUT2D eigenvalue weighted by Crippen LogP contribution is -2.08. The van der Waals surface area contributed by atoms with Crippen LogP contribution in [0.2, 0.25) is 0 Å². The van der Waals surface area contributed by atoms with E-state index in [1.165, 1.54) is 11.3 Å². The normalized spacial score (nSPS) is 15.0. The van der Waals surface area contributed by atoms with E-state index in [0.717, 1.165) is 4.21 Å². The molecule has 1 aromatic rings. The highest BCUT2D eigenvalue weighted by Gasteiger charge is 2.13. The third-order valence-electron chi connectivity index (χ3n) is 1.44. The van der Waals surface area contributed by atoms with Crippen molar-refractivity contribution in [3.05, 3.63) is 17.5 Å². The molecule has 0 saturated heterocycles. The topological polar surface area (TPSA) is 40.9 Å². The summed E-state index contributed by atoms with van der Waals surface area (Å²) in [4.78, 5) is 0. The van der Waals surface area contributed by atoms with Crippen molar-refractivity contribution >= 4 is 22.1 Å². The summed E-state index contributed by atoms with van der Waals surface area (Å²) in [5, 5.41) is 10.2. The molecule has 4 heteroatoms. The van der Waals surface area contributed by atoms with Crippen molar-refractivity contribution in [2.45, 2.75) is 22.8 Å². The maximum atomic E-state index is 11.6. The summed E-state index contributed by atoms with van der Waals surface area (Å²) < 4.78 is 12.4. The molecule has 0 spiro atoms. The molecule has 0 amide bonds. The second-order valence-electron chi connectivity index (χ2n) is 2.40. The highest BCUT2D eigenvalue weighted by molar-refractivity contribution is 7.87. The lowest BCUT2D eigenvalue weighted by Gasteiger charge is -2.03. The molecule has 0 aliphatic rings. The van der Waals surface area contributed by atoms with Crippen molar-refractivity contribution in [1.82, 2.24) is 0 Å². The van der Waals surface area contributed by atoms with Gasteiger partial charge in [0.15, 0.2) is 0 Å². The van der Waals surface area contributed by atoms with Crippen molar-refractivity contribution in [2.75, 3.05) is 0 Å². The molecule has 0 aliphatic heterocycles. The van der Waals surface area contributed by atoms with Crippen LogP contribution in [0.5, 0.6) is 0 Å². The first-order valence-corrected chi connectivity index (χ1v) is 5.66. The molecule has 1 rings (SSSR count). The maximum absolute atomic E-state index is 11.6. The molecule has 64 valence electrons. The SMILES string of the molecule is CC(CC#N)S(=O)c1cccs1. The molecule has 0 fully saturated rings. The molecule has 1 aromatic heterocycles. The quantitative estimate of drug-likeness (QED) is 0.748. The number of hydrogen-bond donors (Lipinski definition) is 0. The molecule has 0 aromatic carbocycles. The van der Waals surface area contributed by atoms with E-state index in [-0.39, 0.29) is 5.25 Å². The molecule has 0 saturated carbocycles. The molecule has 0 radical (unpaired) electrons. The summed E-state index contributed by atoms with van der Waals surface area (Å²) in [5.74, 6) is 0. The average Bonchev–Trinajstić information content (AvgIpc) is 2.55. The van der Waals surface area contributed by atoms with E-state index < -0.39 is 10.8 Å². The predicted molar refractivity (Wildman–Crippen MR) is 50.4 cm³/mol. The van der Waals surface area contributed by atoms with Gasteiger partial charge in [-0.25, -0.2) is 0 Å². The van der Waals surface area contributed by atoms with E-state index in [9.17, 15) is 4.21 Å². The Kier molecular flexibility index (Phi) is 3.45. The Morgan fingerprint density at radius 1 is 1.83 bits per heavy atom. The van der Waals surface area contributed by atoms with Crippen molar-refractivity contribution in [1.29, 1.82) is 5.26 Å². The smallest absolute Gasteiger partial charge is 0.0913 e. The van der Waals surface area contributed by atoms with Gasteiger partial charge in [0.2, 0.25) is 0 Å². The van der Waals surface area contributed by atoms with E-state index in [4.69, 9.17) is 5.26 Å². The lowest BCUT2D eigenvalue weighted by molar-refractivity contribution is 0.675. The number of hydrogen-bond acceptors (Lipinski definition) is 3. The van der Waals surface area contributed by atoms with Gasteiger partial charge in [0.05, 0.1) is 26.3 Å². The van der Waals surface area contributed by atoms with Gasteiger partial charge in [0.25, 0.3) is 0 Å². The van der Waals surface area contributed by atoms with Gasteiger partial charge in [0, 0.05) is 6.42 Å². The summed E-state index contributed by atoms with van der Waals surface area (Å²) in [6, 6.07) is 5.74. The molecule has 2 unspecified atom stereocenters. The minimum Gasteiger partial charge on any atom is -0.253 e.